The lowest BCUT2D eigenvalue weighted by molar-refractivity contribution is -0.123. The van der Waals surface area contributed by atoms with Crippen LogP contribution < -0.4 is 11.1 Å². The lowest BCUT2D eigenvalue weighted by Gasteiger charge is -2.30. The van der Waals surface area contributed by atoms with Crippen molar-refractivity contribution in [2.45, 2.75) is 44.2 Å². The van der Waals surface area contributed by atoms with Crippen LogP contribution in [-0.2, 0) is 9.53 Å². The molecular weight excluding hydrogens is 242 g/mol. The van der Waals surface area contributed by atoms with Gasteiger partial charge in [-0.25, -0.2) is 0 Å². The number of hydrogen-bond donors (Lipinski definition) is 2. The second-order valence-electron chi connectivity index (χ2n) is 5.86. The highest BCUT2D eigenvalue weighted by Gasteiger charge is 2.30. The van der Waals surface area contributed by atoms with Crippen molar-refractivity contribution in [2.24, 2.45) is 11.7 Å². The molecule has 2 unspecified atom stereocenters. The largest absolute Gasteiger partial charge is 0.381 e. The van der Waals surface area contributed by atoms with Crippen LogP contribution in [0, 0.1) is 5.92 Å². The maximum atomic E-state index is 12.0. The van der Waals surface area contributed by atoms with Gasteiger partial charge < -0.3 is 15.8 Å². The van der Waals surface area contributed by atoms with Crippen LogP contribution in [0.15, 0.2) is 0 Å². The number of nitrogens with one attached hydrogen (secondary N) is 1. The van der Waals surface area contributed by atoms with E-state index < -0.39 is 0 Å². The lowest BCUT2D eigenvalue weighted by Crippen LogP contribution is -2.47. The van der Waals surface area contributed by atoms with E-state index in [1.807, 2.05) is 7.05 Å². The van der Waals surface area contributed by atoms with Crippen LogP contribution >= 0.6 is 0 Å². The van der Waals surface area contributed by atoms with E-state index >= 15 is 0 Å². The van der Waals surface area contributed by atoms with Crippen molar-refractivity contribution >= 4 is 5.91 Å². The number of nitrogens with two attached hydrogens (primary N) is 1. The first-order valence-corrected chi connectivity index (χ1v) is 7.48. The van der Waals surface area contributed by atoms with E-state index in [2.05, 4.69) is 10.2 Å². The molecule has 0 aromatic carbocycles. The van der Waals surface area contributed by atoms with Gasteiger partial charge in [-0.3, -0.25) is 9.69 Å². The molecule has 19 heavy (non-hydrogen) atoms. The lowest BCUT2D eigenvalue weighted by atomic mass is 10.0. The van der Waals surface area contributed by atoms with Crippen LogP contribution in [0.5, 0.6) is 0 Å². The summed E-state index contributed by atoms with van der Waals surface area (Å²) in [6.07, 6.45) is 5.48. The van der Waals surface area contributed by atoms with Gasteiger partial charge in [0.15, 0.2) is 0 Å². The molecule has 5 heteroatoms. The molecule has 0 aromatic rings. The molecule has 2 rings (SSSR count). The van der Waals surface area contributed by atoms with Gasteiger partial charge in [-0.1, -0.05) is 6.42 Å². The van der Waals surface area contributed by atoms with E-state index in [-0.39, 0.29) is 5.91 Å². The SMILES string of the molecule is CN(CC(=O)NC1CCOCC1)C1CCCC1CN. The van der Waals surface area contributed by atoms with E-state index in [0.29, 0.717) is 24.5 Å². The Morgan fingerprint density at radius 3 is 2.74 bits per heavy atom. The fourth-order valence-corrected chi connectivity index (χ4v) is 3.33. The second-order valence-corrected chi connectivity index (χ2v) is 5.86. The summed E-state index contributed by atoms with van der Waals surface area (Å²) in [5, 5.41) is 3.11. The molecule has 3 N–H and O–H groups in total. The third kappa shape index (κ3) is 4.16. The van der Waals surface area contributed by atoms with Gasteiger partial charge in [0.25, 0.3) is 0 Å². The minimum Gasteiger partial charge on any atom is -0.381 e. The summed E-state index contributed by atoms with van der Waals surface area (Å²) in [5.41, 5.74) is 5.80. The number of carbonyl (C=O) groups is 1. The van der Waals surface area contributed by atoms with Gasteiger partial charge in [0.1, 0.15) is 0 Å². The van der Waals surface area contributed by atoms with Crippen LogP contribution in [0.3, 0.4) is 0 Å². The first kappa shape index (κ1) is 14.8. The van der Waals surface area contributed by atoms with Crippen LogP contribution in [-0.4, -0.2) is 56.2 Å². The van der Waals surface area contributed by atoms with E-state index in [1.165, 1.54) is 19.3 Å². The molecule has 1 heterocycles. The summed E-state index contributed by atoms with van der Waals surface area (Å²) in [6.45, 7) is 2.74. The van der Waals surface area contributed by atoms with Gasteiger partial charge in [0.05, 0.1) is 6.54 Å². The molecule has 2 aliphatic rings. The molecule has 5 nitrogen and oxygen atoms in total. The van der Waals surface area contributed by atoms with Crippen LogP contribution in [0.1, 0.15) is 32.1 Å². The van der Waals surface area contributed by atoms with Crippen LogP contribution in [0.2, 0.25) is 0 Å². The van der Waals surface area contributed by atoms with Gasteiger partial charge in [-0.2, -0.15) is 0 Å². The summed E-state index contributed by atoms with van der Waals surface area (Å²) < 4.78 is 5.30. The zero-order valence-corrected chi connectivity index (χ0v) is 11.9. The Morgan fingerprint density at radius 2 is 2.05 bits per heavy atom. The Labute approximate surface area is 115 Å². The van der Waals surface area contributed by atoms with E-state index in [9.17, 15) is 4.79 Å². The van der Waals surface area contributed by atoms with Gasteiger partial charge >= 0.3 is 0 Å². The summed E-state index contributed by atoms with van der Waals surface area (Å²) in [6, 6.07) is 0.772. The standard InChI is InChI=1S/C14H27N3O2/c1-17(13-4-2-3-11(13)9-15)10-14(18)16-12-5-7-19-8-6-12/h11-13H,2-10,15H2,1H3,(H,16,18). The van der Waals surface area contributed by atoms with Crippen molar-refractivity contribution in [3.63, 3.8) is 0 Å². The molecule has 2 fully saturated rings. The minimum atomic E-state index is 0.136. The Bertz CT molecular complexity index is 292. The Morgan fingerprint density at radius 1 is 1.32 bits per heavy atom. The third-order valence-electron chi connectivity index (χ3n) is 4.47. The van der Waals surface area contributed by atoms with Crippen molar-refractivity contribution in [1.82, 2.24) is 10.2 Å². The summed E-state index contributed by atoms with van der Waals surface area (Å²) >= 11 is 0. The highest BCUT2D eigenvalue weighted by Crippen LogP contribution is 2.28. The normalized spacial score (nSPS) is 28.8. The van der Waals surface area contributed by atoms with Crippen molar-refractivity contribution < 1.29 is 9.53 Å². The number of carbonyl (C=O) groups excluding carboxylic acids is 1. The molecule has 110 valence electrons. The number of ether oxygens (including phenoxy) is 1. The first-order valence-electron chi connectivity index (χ1n) is 7.48. The Hall–Kier alpha value is -0.650. The number of rotatable bonds is 5. The van der Waals surface area contributed by atoms with Gasteiger partial charge in [0, 0.05) is 25.3 Å². The topological polar surface area (TPSA) is 67.6 Å². The maximum Gasteiger partial charge on any atom is 0.234 e. The van der Waals surface area contributed by atoms with Crippen LogP contribution in [0.4, 0.5) is 0 Å². The second kappa shape index (κ2) is 7.22. The van der Waals surface area contributed by atoms with E-state index in [1.54, 1.807) is 0 Å². The predicted octanol–water partition coefficient (Wildman–Crippen LogP) is 0.341. The van der Waals surface area contributed by atoms with Crippen LogP contribution in [0.25, 0.3) is 0 Å². The molecule has 0 spiro atoms. The summed E-state index contributed by atoms with van der Waals surface area (Å²) in [7, 11) is 2.04. The zero-order valence-electron chi connectivity index (χ0n) is 11.9. The summed E-state index contributed by atoms with van der Waals surface area (Å²) in [4.78, 5) is 14.2. The first-order chi connectivity index (χ1) is 9.20. The molecule has 1 aliphatic carbocycles. The fourth-order valence-electron chi connectivity index (χ4n) is 3.33. The number of likely N-dealkylation sites (N-methyl/N-ethyl adjacent to an activating group) is 1. The van der Waals surface area contributed by atoms with Gasteiger partial charge in [-0.15, -0.1) is 0 Å². The maximum absolute atomic E-state index is 12.0. The Balaban J connectivity index is 1.74. The van der Waals surface area contributed by atoms with Crippen molar-refractivity contribution in [2.75, 3.05) is 33.4 Å². The Kier molecular flexibility index (Phi) is 5.60. The minimum absolute atomic E-state index is 0.136. The molecule has 2 atom stereocenters. The smallest absolute Gasteiger partial charge is 0.234 e. The molecule has 1 saturated carbocycles. The molecule has 0 radical (unpaired) electrons. The van der Waals surface area contributed by atoms with Gasteiger partial charge in [0.2, 0.25) is 5.91 Å². The zero-order chi connectivity index (χ0) is 13.7. The van der Waals surface area contributed by atoms with Crippen molar-refractivity contribution in [3.8, 4) is 0 Å². The number of nitrogens with zero attached hydrogens (tertiary/aromatic N) is 1. The molecule has 1 aliphatic heterocycles. The quantitative estimate of drug-likeness (QED) is 0.755. The number of hydrogen-bond acceptors (Lipinski definition) is 4. The van der Waals surface area contributed by atoms with Crippen molar-refractivity contribution in [3.05, 3.63) is 0 Å². The highest BCUT2D eigenvalue weighted by atomic mass is 16.5. The van der Waals surface area contributed by atoms with Gasteiger partial charge in [-0.05, 0) is 45.2 Å². The molecule has 0 bridgehead atoms. The average molecular weight is 269 g/mol. The number of amides is 1. The van der Waals surface area contributed by atoms with E-state index in [4.69, 9.17) is 10.5 Å². The van der Waals surface area contributed by atoms with E-state index in [0.717, 1.165) is 32.6 Å². The molecule has 1 amide bonds. The summed E-state index contributed by atoms with van der Waals surface area (Å²) in [5.74, 6) is 0.693. The average Bonchev–Trinajstić information content (AvgIpc) is 2.88. The molecule has 0 aromatic heterocycles. The highest BCUT2D eigenvalue weighted by molar-refractivity contribution is 5.78. The fraction of sp³-hybridized carbons (Fsp3) is 0.929. The molecule has 1 saturated heterocycles. The third-order valence-corrected chi connectivity index (χ3v) is 4.47. The predicted molar refractivity (Wildman–Crippen MR) is 74.8 cm³/mol. The van der Waals surface area contributed by atoms with Crippen molar-refractivity contribution in [1.29, 1.82) is 0 Å². The molecular formula is C14H27N3O2. The monoisotopic (exact) mass is 269 g/mol.